The normalized spacial score (nSPS) is 11.3. The number of non-ortho nitro benzene ring substituents is 1. The van der Waals surface area contributed by atoms with Gasteiger partial charge in [-0.1, -0.05) is 6.07 Å². The fourth-order valence-corrected chi connectivity index (χ4v) is 2.68. The quantitative estimate of drug-likeness (QED) is 0.447. The van der Waals surface area contributed by atoms with Crippen LogP contribution >= 0.6 is 11.3 Å². The molecule has 9 heteroatoms. The van der Waals surface area contributed by atoms with E-state index in [1.807, 2.05) is 6.07 Å². The highest BCUT2D eigenvalue weighted by atomic mass is 32.1. The number of benzene rings is 1. The van der Waals surface area contributed by atoms with E-state index in [2.05, 4.69) is 4.98 Å². The Morgan fingerprint density at radius 2 is 2.25 bits per heavy atom. The van der Waals surface area contributed by atoms with Gasteiger partial charge >= 0.3 is 5.97 Å². The zero-order chi connectivity index (χ0) is 17.7. The van der Waals surface area contributed by atoms with Crippen molar-refractivity contribution in [1.82, 2.24) is 4.98 Å². The predicted molar refractivity (Wildman–Crippen MR) is 83.6 cm³/mol. The number of nitro benzene ring substituents is 1. The van der Waals surface area contributed by atoms with Gasteiger partial charge in [0, 0.05) is 23.2 Å². The van der Waals surface area contributed by atoms with Gasteiger partial charge in [-0.05, 0) is 13.0 Å². The lowest BCUT2D eigenvalue weighted by Gasteiger charge is -2.07. The van der Waals surface area contributed by atoms with E-state index in [1.165, 1.54) is 29.5 Å². The summed E-state index contributed by atoms with van der Waals surface area (Å²) < 4.78 is 4.85. The molecule has 1 heterocycles. The molecule has 24 heavy (non-hydrogen) atoms. The highest BCUT2D eigenvalue weighted by Gasteiger charge is 2.25. The molecule has 1 aromatic heterocycles. The lowest BCUT2D eigenvalue weighted by atomic mass is 10.1. The number of esters is 1. The highest BCUT2D eigenvalue weighted by molar-refractivity contribution is 7.09. The lowest BCUT2D eigenvalue weighted by Crippen LogP contribution is -2.20. The Hall–Kier alpha value is -3.12. The molecule has 0 radical (unpaired) electrons. The third kappa shape index (κ3) is 3.99. The Bertz CT molecular complexity index is 840. The van der Waals surface area contributed by atoms with Crippen molar-refractivity contribution >= 4 is 28.8 Å². The first kappa shape index (κ1) is 17.2. The smallest absolute Gasteiger partial charge is 0.338 e. The molecule has 1 atom stereocenters. The molecule has 0 unspecified atom stereocenters. The van der Waals surface area contributed by atoms with Crippen LogP contribution in [0.5, 0.6) is 0 Å². The van der Waals surface area contributed by atoms with E-state index in [-0.39, 0.29) is 11.3 Å². The van der Waals surface area contributed by atoms with Crippen LogP contribution < -0.4 is 0 Å². The van der Waals surface area contributed by atoms with Crippen molar-refractivity contribution in [3.05, 3.63) is 56.0 Å². The Balaban J connectivity index is 2.03. The van der Waals surface area contributed by atoms with Crippen molar-refractivity contribution in [2.24, 2.45) is 0 Å². The van der Waals surface area contributed by atoms with Crippen LogP contribution in [0.4, 0.5) is 5.69 Å². The number of rotatable bonds is 6. The maximum atomic E-state index is 12.1. The maximum Gasteiger partial charge on any atom is 0.338 e. The Labute approximate surface area is 140 Å². The number of ether oxygens (including phenoxy) is 1. The van der Waals surface area contributed by atoms with Gasteiger partial charge in [0.05, 0.1) is 16.6 Å². The van der Waals surface area contributed by atoms with Gasteiger partial charge < -0.3 is 4.74 Å². The van der Waals surface area contributed by atoms with Crippen LogP contribution in [-0.2, 0) is 9.53 Å². The average molecular weight is 345 g/mol. The number of aromatic nitrogens is 1. The molecule has 0 aliphatic rings. The fraction of sp³-hybridized carbons (Fsp3) is 0.200. The van der Waals surface area contributed by atoms with E-state index in [0.29, 0.717) is 10.7 Å². The summed E-state index contributed by atoms with van der Waals surface area (Å²) in [5.74, 6) is -2.59. The topological polar surface area (TPSA) is 123 Å². The highest BCUT2D eigenvalue weighted by Crippen LogP contribution is 2.21. The largest absolute Gasteiger partial charge is 0.454 e. The van der Waals surface area contributed by atoms with Crippen molar-refractivity contribution < 1.29 is 19.2 Å². The second kappa shape index (κ2) is 7.43. The van der Waals surface area contributed by atoms with E-state index < -0.39 is 29.2 Å². The van der Waals surface area contributed by atoms with Gasteiger partial charge in [0.2, 0.25) is 0 Å². The van der Waals surface area contributed by atoms with Crippen LogP contribution in [-0.4, -0.2) is 28.3 Å². The van der Waals surface area contributed by atoms with Crippen molar-refractivity contribution in [2.75, 3.05) is 6.61 Å². The number of thiazole rings is 1. The summed E-state index contributed by atoms with van der Waals surface area (Å²) in [6.45, 7) is 1.12. The van der Waals surface area contributed by atoms with E-state index in [1.54, 1.807) is 12.3 Å². The summed E-state index contributed by atoms with van der Waals surface area (Å²) in [5.41, 5.74) is 0.385. The molecule has 0 N–H and O–H groups in total. The fourth-order valence-electron chi connectivity index (χ4n) is 1.82. The minimum absolute atomic E-state index is 0.0457. The van der Waals surface area contributed by atoms with Gasteiger partial charge in [-0.2, -0.15) is 5.26 Å². The van der Waals surface area contributed by atoms with Crippen LogP contribution in [0.1, 0.15) is 27.0 Å². The molecule has 2 rings (SSSR count). The molecule has 0 amide bonds. The number of nitriles is 1. The van der Waals surface area contributed by atoms with E-state index in [0.717, 1.165) is 6.07 Å². The number of carbonyl (C=O) groups excluding carboxylic acids is 2. The molecule has 0 spiro atoms. The number of hydrogen-bond donors (Lipinski definition) is 0. The van der Waals surface area contributed by atoms with Crippen LogP contribution in [0, 0.1) is 28.4 Å². The van der Waals surface area contributed by atoms with E-state index in [9.17, 15) is 19.7 Å². The minimum Gasteiger partial charge on any atom is -0.454 e. The molecule has 1 aromatic carbocycles. The SMILES string of the molecule is Cc1csc([C@H](C#N)C(=O)COC(=O)c2cccc([N+](=O)[O-])c2)n1. The molecule has 0 saturated heterocycles. The summed E-state index contributed by atoms with van der Waals surface area (Å²) in [4.78, 5) is 38.1. The lowest BCUT2D eigenvalue weighted by molar-refractivity contribution is -0.384. The first-order chi connectivity index (χ1) is 11.4. The Kier molecular flexibility index (Phi) is 5.34. The van der Waals surface area contributed by atoms with E-state index in [4.69, 9.17) is 10.00 Å². The van der Waals surface area contributed by atoms with Crippen LogP contribution in [0.3, 0.4) is 0 Å². The zero-order valence-electron chi connectivity index (χ0n) is 12.5. The van der Waals surface area contributed by atoms with Crippen molar-refractivity contribution in [1.29, 1.82) is 5.26 Å². The number of nitrogens with zero attached hydrogens (tertiary/aromatic N) is 3. The first-order valence-corrected chi connectivity index (χ1v) is 7.56. The van der Waals surface area contributed by atoms with Crippen molar-refractivity contribution in [3.63, 3.8) is 0 Å². The maximum absolute atomic E-state index is 12.1. The number of Topliss-reactive ketones (excluding diaryl/α,β-unsaturated/α-hetero) is 1. The first-order valence-electron chi connectivity index (χ1n) is 6.68. The molecule has 0 aliphatic carbocycles. The summed E-state index contributed by atoms with van der Waals surface area (Å²) in [6.07, 6.45) is 0. The van der Waals surface area contributed by atoms with E-state index >= 15 is 0 Å². The standard InChI is InChI=1S/C15H11N3O5S/c1-9-8-24-14(17-9)12(6-16)13(19)7-23-15(20)10-3-2-4-11(5-10)18(21)22/h2-5,8,12H,7H2,1H3/t12-/m1/s1. The molecule has 0 fully saturated rings. The second-order valence-corrected chi connectivity index (χ2v) is 5.63. The molecule has 0 bridgehead atoms. The third-order valence-electron chi connectivity index (χ3n) is 2.97. The number of carbonyl (C=O) groups is 2. The molecule has 0 aliphatic heterocycles. The number of nitro groups is 1. The minimum atomic E-state index is -1.11. The average Bonchev–Trinajstić information content (AvgIpc) is 2.99. The number of ketones is 1. The molecular formula is C15H11N3O5S. The van der Waals surface area contributed by atoms with Crippen molar-refractivity contribution in [2.45, 2.75) is 12.8 Å². The molecule has 0 saturated carbocycles. The Morgan fingerprint density at radius 3 is 2.83 bits per heavy atom. The van der Waals surface area contributed by atoms with Gasteiger partial charge in [0.15, 0.2) is 18.3 Å². The molecular weight excluding hydrogens is 334 g/mol. The second-order valence-electron chi connectivity index (χ2n) is 4.74. The van der Waals surface area contributed by atoms with Gasteiger partial charge in [-0.3, -0.25) is 14.9 Å². The van der Waals surface area contributed by atoms with Gasteiger partial charge in [0.25, 0.3) is 5.69 Å². The summed E-state index contributed by atoms with van der Waals surface area (Å²) in [7, 11) is 0. The Morgan fingerprint density at radius 1 is 1.50 bits per heavy atom. The molecule has 2 aromatic rings. The van der Waals surface area contributed by atoms with Crippen LogP contribution in [0.2, 0.25) is 0 Å². The predicted octanol–water partition coefficient (Wildman–Crippen LogP) is 2.39. The summed E-state index contributed by atoms with van der Waals surface area (Å²) >= 11 is 1.18. The monoisotopic (exact) mass is 345 g/mol. The summed E-state index contributed by atoms with van der Waals surface area (Å²) in [6, 6.07) is 6.80. The van der Waals surface area contributed by atoms with Crippen molar-refractivity contribution in [3.8, 4) is 6.07 Å². The number of aryl methyl sites for hydroxylation is 1. The number of hydrogen-bond acceptors (Lipinski definition) is 8. The molecule has 8 nitrogen and oxygen atoms in total. The van der Waals surface area contributed by atoms with Gasteiger partial charge in [0.1, 0.15) is 5.01 Å². The van der Waals surface area contributed by atoms with Gasteiger partial charge in [-0.25, -0.2) is 9.78 Å². The third-order valence-corrected chi connectivity index (χ3v) is 4.00. The van der Waals surface area contributed by atoms with Crippen LogP contribution in [0.25, 0.3) is 0 Å². The zero-order valence-corrected chi connectivity index (χ0v) is 13.3. The van der Waals surface area contributed by atoms with Crippen LogP contribution in [0.15, 0.2) is 29.6 Å². The summed E-state index contributed by atoms with van der Waals surface area (Å²) in [5, 5.41) is 21.9. The van der Waals surface area contributed by atoms with Gasteiger partial charge in [-0.15, -0.1) is 11.3 Å². The molecule has 122 valence electrons.